The number of H-pyrrole nitrogens is 1. The van der Waals surface area contributed by atoms with Crippen LogP contribution in [0, 0.1) is 6.92 Å². The van der Waals surface area contributed by atoms with Gasteiger partial charge in [-0.1, -0.05) is 0 Å². The molecular weight excluding hydrogens is 378 g/mol. The van der Waals surface area contributed by atoms with Crippen LogP contribution in [-0.2, 0) is 13.1 Å². The van der Waals surface area contributed by atoms with E-state index in [9.17, 15) is 4.79 Å². The summed E-state index contributed by atoms with van der Waals surface area (Å²) in [5.74, 6) is 0.908. The number of nitrogens with zero attached hydrogens (tertiary/aromatic N) is 6. The molecule has 8 nitrogen and oxygen atoms in total. The molecule has 0 aromatic carbocycles. The summed E-state index contributed by atoms with van der Waals surface area (Å²) in [6, 6.07) is 5.95. The predicted molar refractivity (Wildman–Crippen MR) is 112 cm³/mol. The lowest BCUT2D eigenvalue weighted by atomic mass is 10.1. The highest BCUT2D eigenvalue weighted by Gasteiger charge is 2.24. The van der Waals surface area contributed by atoms with Crippen molar-refractivity contribution in [3.05, 3.63) is 72.5 Å². The van der Waals surface area contributed by atoms with Gasteiger partial charge < -0.3 is 18.9 Å². The Labute approximate surface area is 171 Å². The lowest BCUT2D eigenvalue weighted by molar-refractivity contribution is 0.0707. The second-order valence-electron chi connectivity index (χ2n) is 7.65. The Balaban J connectivity index is 1.37. The Morgan fingerprint density at radius 1 is 1.17 bits per heavy atom. The van der Waals surface area contributed by atoms with E-state index in [2.05, 4.69) is 24.5 Å². The number of nitrogens with one attached hydrogen (secondary N) is 1. The molecule has 8 heteroatoms. The van der Waals surface area contributed by atoms with Crippen LogP contribution in [0.2, 0.25) is 0 Å². The van der Waals surface area contributed by atoms with Crippen LogP contribution in [0.25, 0.3) is 27.8 Å². The van der Waals surface area contributed by atoms with Gasteiger partial charge in [-0.2, -0.15) is 0 Å². The molecule has 0 unspecified atom stereocenters. The molecule has 6 rings (SSSR count). The number of carbonyl (C=O) groups excluding carboxylic acids is 1. The molecule has 1 N–H and O–H groups in total. The monoisotopic (exact) mass is 397 g/mol. The molecule has 6 heterocycles. The Kier molecular flexibility index (Phi) is 3.55. The van der Waals surface area contributed by atoms with E-state index >= 15 is 0 Å². The second kappa shape index (κ2) is 6.28. The Hall–Kier alpha value is -3.94. The number of hydrogen-bond acceptors (Lipinski definition) is 4. The fraction of sp³-hybridized carbons (Fsp3) is 0.182. The van der Waals surface area contributed by atoms with Crippen molar-refractivity contribution in [3.63, 3.8) is 0 Å². The number of aryl methyl sites for hydroxylation is 1. The average Bonchev–Trinajstić information content (AvgIpc) is 3.48. The summed E-state index contributed by atoms with van der Waals surface area (Å²) in [7, 11) is 0. The summed E-state index contributed by atoms with van der Waals surface area (Å²) in [4.78, 5) is 31.6. The van der Waals surface area contributed by atoms with Crippen molar-refractivity contribution in [2.75, 3.05) is 6.54 Å². The first-order valence-electron chi connectivity index (χ1n) is 9.88. The summed E-state index contributed by atoms with van der Waals surface area (Å²) in [5.41, 5.74) is 5.27. The number of hydrogen-bond donors (Lipinski definition) is 1. The number of imidazole rings is 2. The summed E-state index contributed by atoms with van der Waals surface area (Å²) >= 11 is 0. The minimum absolute atomic E-state index is 0.0199. The van der Waals surface area contributed by atoms with Gasteiger partial charge in [-0.05, 0) is 25.1 Å². The van der Waals surface area contributed by atoms with Crippen LogP contribution in [0.5, 0.6) is 0 Å². The van der Waals surface area contributed by atoms with E-state index in [1.54, 1.807) is 12.4 Å². The van der Waals surface area contributed by atoms with Gasteiger partial charge in [0.05, 0.1) is 17.8 Å². The fourth-order valence-electron chi connectivity index (χ4n) is 4.19. The number of rotatable bonds is 2. The highest BCUT2D eigenvalue weighted by molar-refractivity contribution is 6.01. The molecule has 30 heavy (non-hydrogen) atoms. The van der Waals surface area contributed by atoms with E-state index in [4.69, 9.17) is 0 Å². The zero-order valence-electron chi connectivity index (χ0n) is 16.4. The van der Waals surface area contributed by atoms with Gasteiger partial charge in [-0.25, -0.2) is 15.0 Å². The van der Waals surface area contributed by atoms with Crippen LogP contribution >= 0.6 is 0 Å². The topological polar surface area (TPSA) is 84.1 Å². The first-order chi connectivity index (χ1) is 14.7. The average molecular weight is 397 g/mol. The summed E-state index contributed by atoms with van der Waals surface area (Å²) in [6.07, 6.45) is 11.3. The molecule has 0 fully saturated rings. The molecule has 0 radical (unpaired) electrons. The molecule has 0 spiro atoms. The quantitative estimate of drug-likeness (QED) is 0.496. The van der Waals surface area contributed by atoms with Crippen LogP contribution < -0.4 is 0 Å². The van der Waals surface area contributed by atoms with Gasteiger partial charge >= 0.3 is 0 Å². The van der Waals surface area contributed by atoms with Crippen LogP contribution in [0.1, 0.15) is 21.9 Å². The van der Waals surface area contributed by atoms with Gasteiger partial charge in [0.1, 0.15) is 17.1 Å². The van der Waals surface area contributed by atoms with Crippen molar-refractivity contribution < 1.29 is 4.79 Å². The first-order valence-corrected chi connectivity index (χ1v) is 9.88. The molecular formula is C22H19N7O. The number of aromatic amines is 1. The zero-order valence-corrected chi connectivity index (χ0v) is 16.4. The zero-order chi connectivity index (χ0) is 20.2. The van der Waals surface area contributed by atoms with Gasteiger partial charge in [0.15, 0.2) is 0 Å². The first kappa shape index (κ1) is 17.0. The number of aromatic nitrogens is 6. The van der Waals surface area contributed by atoms with E-state index in [1.165, 1.54) is 0 Å². The SMILES string of the molecule is Cc1cn2c(n1)CN(C(=O)c1cnc3[nH]cc(-c4ccc5nccn5c4)c3c1)CC2. The van der Waals surface area contributed by atoms with Gasteiger partial charge in [0.25, 0.3) is 5.91 Å². The molecule has 5 aromatic rings. The largest absolute Gasteiger partial charge is 0.346 e. The Morgan fingerprint density at radius 2 is 2.10 bits per heavy atom. The highest BCUT2D eigenvalue weighted by atomic mass is 16.2. The van der Waals surface area contributed by atoms with E-state index in [1.807, 2.05) is 59.2 Å². The molecule has 1 aliphatic heterocycles. The fourth-order valence-corrected chi connectivity index (χ4v) is 4.19. The van der Waals surface area contributed by atoms with Gasteiger partial charge in [-0.3, -0.25) is 4.79 Å². The van der Waals surface area contributed by atoms with E-state index in [-0.39, 0.29) is 5.91 Å². The third-order valence-corrected chi connectivity index (χ3v) is 5.69. The predicted octanol–water partition coefficient (Wildman–Crippen LogP) is 3.04. The van der Waals surface area contributed by atoms with Crippen LogP contribution in [0.15, 0.2) is 55.4 Å². The van der Waals surface area contributed by atoms with Crippen molar-refractivity contribution in [1.82, 2.24) is 33.8 Å². The lowest BCUT2D eigenvalue weighted by Gasteiger charge is -2.27. The Morgan fingerprint density at radius 3 is 3.03 bits per heavy atom. The van der Waals surface area contributed by atoms with Gasteiger partial charge in [0.2, 0.25) is 0 Å². The summed E-state index contributed by atoms with van der Waals surface area (Å²) in [5, 5.41) is 0.926. The van der Waals surface area contributed by atoms with Crippen LogP contribution in [0.4, 0.5) is 0 Å². The van der Waals surface area contributed by atoms with Crippen molar-refractivity contribution in [1.29, 1.82) is 0 Å². The lowest BCUT2D eigenvalue weighted by Crippen LogP contribution is -2.38. The second-order valence-corrected chi connectivity index (χ2v) is 7.65. The molecule has 0 atom stereocenters. The van der Waals surface area contributed by atoms with Crippen molar-refractivity contribution >= 4 is 22.6 Å². The Bertz CT molecular complexity index is 1420. The standard InChI is InChI=1S/C22H19N7O/c1-14-11-28-6-7-29(13-20(28)26-14)22(30)16-8-17-18(10-25-21(17)24-9-16)15-2-3-19-23-4-5-27(19)12-15/h2-5,8-12H,6-7,13H2,1H3,(H,24,25). The molecule has 1 amide bonds. The van der Waals surface area contributed by atoms with E-state index < -0.39 is 0 Å². The van der Waals surface area contributed by atoms with Gasteiger partial charge in [0, 0.05) is 66.8 Å². The smallest absolute Gasteiger partial charge is 0.255 e. The van der Waals surface area contributed by atoms with Crippen LogP contribution in [-0.4, -0.2) is 46.3 Å². The molecule has 0 aliphatic carbocycles. The normalized spacial score (nSPS) is 13.8. The number of pyridine rings is 2. The number of amides is 1. The molecule has 0 saturated heterocycles. The molecule has 0 bridgehead atoms. The van der Waals surface area contributed by atoms with Gasteiger partial charge in [-0.15, -0.1) is 0 Å². The highest BCUT2D eigenvalue weighted by Crippen LogP contribution is 2.29. The molecule has 148 valence electrons. The van der Waals surface area contributed by atoms with Crippen molar-refractivity contribution in [2.45, 2.75) is 20.0 Å². The number of fused-ring (bicyclic) bond motifs is 3. The summed E-state index contributed by atoms with van der Waals surface area (Å²) in [6.45, 7) is 3.92. The maximum absolute atomic E-state index is 13.2. The number of carbonyl (C=O) groups is 1. The molecule has 1 aliphatic rings. The third-order valence-electron chi connectivity index (χ3n) is 5.69. The summed E-state index contributed by atoms with van der Waals surface area (Å²) < 4.78 is 4.10. The van der Waals surface area contributed by atoms with Crippen molar-refractivity contribution in [2.24, 2.45) is 0 Å². The molecule has 5 aromatic heterocycles. The maximum Gasteiger partial charge on any atom is 0.255 e. The van der Waals surface area contributed by atoms with E-state index in [0.29, 0.717) is 18.7 Å². The van der Waals surface area contributed by atoms with Crippen molar-refractivity contribution in [3.8, 4) is 11.1 Å². The minimum atomic E-state index is -0.0199. The maximum atomic E-state index is 13.2. The molecule has 0 saturated carbocycles. The van der Waals surface area contributed by atoms with Crippen LogP contribution in [0.3, 0.4) is 0 Å². The van der Waals surface area contributed by atoms with E-state index in [0.717, 1.165) is 45.9 Å². The minimum Gasteiger partial charge on any atom is -0.346 e. The third kappa shape index (κ3) is 2.61.